The van der Waals surface area contributed by atoms with Crippen molar-refractivity contribution in [2.45, 2.75) is 0 Å². The van der Waals surface area contributed by atoms with Crippen LogP contribution in [0.4, 0.5) is 15.9 Å². The molecule has 0 radical (unpaired) electrons. The molecule has 0 spiro atoms. The molecule has 2 aromatic rings. The van der Waals surface area contributed by atoms with Crippen LogP contribution in [-0.4, -0.2) is 46.9 Å². The number of halogens is 1. The number of carbonyl (C=O) groups is 1. The van der Waals surface area contributed by atoms with Crippen molar-refractivity contribution >= 4 is 17.4 Å². The minimum Gasteiger partial charge on any atom is -0.353 e. The fourth-order valence-electron chi connectivity index (χ4n) is 2.62. The van der Waals surface area contributed by atoms with Crippen LogP contribution in [0.3, 0.4) is 0 Å². The number of benzene rings is 1. The Morgan fingerprint density at radius 3 is 2.42 bits per heavy atom. The second-order valence-corrected chi connectivity index (χ2v) is 5.39. The Morgan fingerprint density at radius 2 is 1.83 bits per heavy atom. The van der Waals surface area contributed by atoms with Gasteiger partial charge in [0.15, 0.2) is 0 Å². The summed E-state index contributed by atoms with van der Waals surface area (Å²) >= 11 is 0. The molecule has 8 heteroatoms. The zero-order valence-corrected chi connectivity index (χ0v) is 12.8. The molecule has 1 fully saturated rings. The SMILES string of the molecule is O=C(c1ccccc1F)N1CCN(c2ccc([N+](=O)[O-])cn2)CC1. The van der Waals surface area contributed by atoms with Gasteiger partial charge in [-0.25, -0.2) is 9.37 Å². The third-order valence-electron chi connectivity index (χ3n) is 3.94. The van der Waals surface area contributed by atoms with E-state index in [2.05, 4.69) is 4.98 Å². The van der Waals surface area contributed by atoms with Gasteiger partial charge < -0.3 is 9.80 Å². The van der Waals surface area contributed by atoms with Gasteiger partial charge in [-0.15, -0.1) is 0 Å². The number of hydrogen-bond acceptors (Lipinski definition) is 5. The van der Waals surface area contributed by atoms with Crippen LogP contribution in [0.2, 0.25) is 0 Å². The van der Waals surface area contributed by atoms with E-state index in [9.17, 15) is 19.3 Å². The first-order valence-electron chi connectivity index (χ1n) is 7.45. The zero-order valence-electron chi connectivity index (χ0n) is 12.8. The Balaban J connectivity index is 1.64. The predicted octanol–water partition coefficient (Wildman–Crippen LogP) is 2.09. The summed E-state index contributed by atoms with van der Waals surface area (Å²) in [6, 6.07) is 8.91. The molecular formula is C16H15FN4O3. The maximum atomic E-state index is 13.7. The van der Waals surface area contributed by atoms with Gasteiger partial charge in [0.1, 0.15) is 17.8 Å². The van der Waals surface area contributed by atoms with Crippen LogP contribution in [-0.2, 0) is 0 Å². The molecule has 1 aliphatic rings. The predicted molar refractivity (Wildman–Crippen MR) is 85.4 cm³/mol. The molecule has 3 rings (SSSR count). The van der Waals surface area contributed by atoms with Crippen molar-refractivity contribution in [3.63, 3.8) is 0 Å². The number of rotatable bonds is 3. The second-order valence-electron chi connectivity index (χ2n) is 5.39. The number of hydrogen-bond donors (Lipinski definition) is 0. The van der Waals surface area contributed by atoms with Crippen molar-refractivity contribution in [1.82, 2.24) is 9.88 Å². The number of piperazine rings is 1. The first-order chi connectivity index (χ1) is 11.6. The van der Waals surface area contributed by atoms with Gasteiger partial charge in [0, 0.05) is 32.2 Å². The average Bonchev–Trinajstić information content (AvgIpc) is 2.62. The maximum absolute atomic E-state index is 13.7. The van der Waals surface area contributed by atoms with Crippen LogP contribution in [0.5, 0.6) is 0 Å². The summed E-state index contributed by atoms with van der Waals surface area (Å²) in [6.45, 7) is 1.94. The summed E-state index contributed by atoms with van der Waals surface area (Å²) in [4.78, 5) is 30.1. The van der Waals surface area contributed by atoms with E-state index in [1.807, 2.05) is 4.90 Å². The van der Waals surface area contributed by atoms with Crippen LogP contribution in [0.25, 0.3) is 0 Å². The first-order valence-corrected chi connectivity index (χ1v) is 7.45. The van der Waals surface area contributed by atoms with Crippen molar-refractivity contribution in [1.29, 1.82) is 0 Å². The number of nitrogens with zero attached hydrogens (tertiary/aromatic N) is 4. The van der Waals surface area contributed by atoms with Crippen LogP contribution < -0.4 is 4.90 Å². The molecule has 0 unspecified atom stereocenters. The molecule has 1 saturated heterocycles. The number of aromatic nitrogens is 1. The molecule has 0 N–H and O–H groups in total. The summed E-state index contributed by atoms with van der Waals surface area (Å²) in [5, 5.41) is 10.6. The Bertz CT molecular complexity index is 758. The third-order valence-corrected chi connectivity index (χ3v) is 3.94. The lowest BCUT2D eigenvalue weighted by Crippen LogP contribution is -2.49. The monoisotopic (exact) mass is 330 g/mol. The van der Waals surface area contributed by atoms with E-state index in [1.54, 1.807) is 23.1 Å². The molecule has 1 aromatic carbocycles. The minimum atomic E-state index is -0.526. The topological polar surface area (TPSA) is 79.6 Å². The van der Waals surface area contributed by atoms with Crippen LogP contribution in [0.1, 0.15) is 10.4 Å². The van der Waals surface area contributed by atoms with Gasteiger partial charge >= 0.3 is 0 Å². The molecule has 0 aliphatic carbocycles. The van der Waals surface area contributed by atoms with Gasteiger partial charge in [-0.05, 0) is 18.2 Å². The molecule has 1 aromatic heterocycles. The van der Waals surface area contributed by atoms with Gasteiger partial charge in [-0.1, -0.05) is 12.1 Å². The second kappa shape index (κ2) is 6.61. The average molecular weight is 330 g/mol. The highest BCUT2D eigenvalue weighted by Crippen LogP contribution is 2.18. The molecule has 0 atom stereocenters. The van der Waals surface area contributed by atoms with E-state index >= 15 is 0 Å². The molecule has 7 nitrogen and oxygen atoms in total. The van der Waals surface area contributed by atoms with Crippen molar-refractivity contribution in [3.8, 4) is 0 Å². The first kappa shape index (κ1) is 15.9. The van der Waals surface area contributed by atoms with Crippen molar-refractivity contribution < 1.29 is 14.1 Å². The van der Waals surface area contributed by atoms with Gasteiger partial charge in [-0.2, -0.15) is 0 Å². The third kappa shape index (κ3) is 3.17. The van der Waals surface area contributed by atoms with Crippen LogP contribution in [0.15, 0.2) is 42.6 Å². The van der Waals surface area contributed by atoms with Gasteiger partial charge in [0.25, 0.3) is 11.6 Å². The highest BCUT2D eigenvalue weighted by Gasteiger charge is 2.24. The number of anilines is 1. The number of amides is 1. The maximum Gasteiger partial charge on any atom is 0.287 e. The lowest BCUT2D eigenvalue weighted by molar-refractivity contribution is -0.385. The van der Waals surface area contributed by atoms with Gasteiger partial charge in [0.05, 0.1) is 10.5 Å². The molecule has 124 valence electrons. The largest absolute Gasteiger partial charge is 0.353 e. The van der Waals surface area contributed by atoms with Crippen LogP contribution in [0, 0.1) is 15.9 Å². The minimum absolute atomic E-state index is 0.0629. The molecule has 1 aliphatic heterocycles. The number of pyridine rings is 1. The summed E-state index contributed by atoms with van der Waals surface area (Å²) in [5.41, 5.74) is 0.00604. The van der Waals surface area contributed by atoms with Crippen molar-refractivity contribution in [3.05, 3.63) is 64.1 Å². The Hall–Kier alpha value is -3.03. The van der Waals surface area contributed by atoms with Gasteiger partial charge in [0.2, 0.25) is 0 Å². The Kier molecular flexibility index (Phi) is 4.37. The molecule has 24 heavy (non-hydrogen) atoms. The van der Waals surface area contributed by atoms with E-state index in [0.717, 1.165) is 0 Å². The molecule has 0 saturated carbocycles. The van der Waals surface area contributed by atoms with Gasteiger partial charge in [-0.3, -0.25) is 14.9 Å². The summed E-state index contributed by atoms with van der Waals surface area (Å²) in [6.07, 6.45) is 1.21. The molecule has 0 bridgehead atoms. The summed E-state index contributed by atoms with van der Waals surface area (Å²) in [5.74, 6) is -0.232. The van der Waals surface area contributed by atoms with E-state index in [-0.39, 0.29) is 17.2 Å². The highest BCUT2D eigenvalue weighted by atomic mass is 19.1. The fraction of sp³-hybridized carbons (Fsp3) is 0.250. The fourth-order valence-corrected chi connectivity index (χ4v) is 2.62. The Labute approximate surface area is 137 Å². The smallest absolute Gasteiger partial charge is 0.287 e. The highest BCUT2D eigenvalue weighted by molar-refractivity contribution is 5.94. The molecule has 1 amide bonds. The van der Waals surface area contributed by atoms with E-state index < -0.39 is 10.7 Å². The van der Waals surface area contributed by atoms with E-state index in [0.29, 0.717) is 32.0 Å². The van der Waals surface area contributed by atoms with E-state index in [1.165, 1.54) is 24.4 Å². The quantitative estimate of drug-likeness (QED) is 0.636. The van der Waals surface area contributed by atoms with Crippen molar-refractivity contribution in [2.24, 2.45) is 0 Å². The normalized spacial score (nSPS) is 14.5. The summed E-state index contributed by atoms with van der Waals surface area (Å²) in [7, 11) is 0. The van der Waals surface area contributed by atoms with Crippen LogP contribution >= 0.6 is 0 Å². The lowest BCUT2D eigenvalue weighted by atomic mass is 10.1. The standard InChI is InChI=1S/C16H15FN4O3/c17-14-4-2-1-3-13(14)16(22)20-9-7-19(8-10-20)15-6-5-12(11-18-15)21(23)24/h1-6,11H,7-10H2. The number of nitro groups is 1. The molecule has 2 heterocycles. The number of carbonyl (C=O) groups excluding carboxylic acids is 1. The van der Waals surface area contributed by atoms with E-state index in [4.69, 9.17) is 0 Å². The summed E-state index contributed by atoms with van der Waals surface area (Å²) < 4.78 is 13.7. The zero-order chi connectivity index (χ0) is 17.1. The Morgan fingerprint density at radius 1 is 1.12 bits per heavy atom. The molecular weight excluding hydrogens is 315 g/mol. The lowest BCUT2D eigenvalue weighted by Gasteiger charge is -2.35. The van der Waals surface area contributed by atoms with Crippen molar-refractivity contribution in [2.75, 3.05) is 31.1 Å².